The summed E-state index contributed by atoms with van der Waals surface area (Å²) in [5.41, 5.74) is 16.0. The van der Waals surface area contributed by atoms with Gasteiger partial charge in [-0.1, -0.05) is 60.7 Å². The summed E-state index contributed by atoms with van der Waals surface area (Å²) in [6, 6.07) is 39.0. The molecule has 0 unspecified atom stereocenters. The molecule has 0 spiro atoms. The van der Waals surface area contributed by atoms with Crippen LogP contribution < -0.4 is 25.7 Å². The van der Waals surface area contributed by atoms with E-state index in [1.54, 1.807) is 72.8 Å². The normalized spacial score (nSPS) is 11.9. The lowest BCUT2D eigenvalue weighted by Crippen LogP contribution is -2.38. The molecule has 392 valence electrons. The van der Waals surface area contributed by atoms with Crippen molar-refractivity contribution in [3.05, 3.63) is 197 Å². The highest BCUT2D eigenvalue weighted by atomic mass is 19.4. The molecule has 0 aliphatic heterocycles. The van der Waals surface area contributed by atoms with Crippen LogP contribution in [0.3, 0.4) is 0 Å². The van der Waals surface area contributed by atoms with Gasteiger partial charge in [0.15, 0.2) is 0 Å². The van der Waals surface area contributed by atoms with E-state index >= 15 is 0 Å². The van der Waals surface area contributed by atoms with Crippen LogP contribution in [-0.2, 0) is 43.1 Å². The first-order valence-electron chi connectivity index (χ1n) is 23.4. The Balaban J connectivity index is 1.06. The number of anilines is 2. The van der Waals surface area contributed by atoms with Gasteiger partial charge in [-0.05, 0) is 157 Å². The largest absolute Gasteiger partial charge is 0.522 e. The van der Waals surface area contributed by atoms with Crippen molar-refractivity contribution < 1.29 is 73.9 Å². The number of esters is 4. The van der Waals surface area contributed by atoms with E-state index < -0.39 is 54.9 Å². The number of aryl methyl sites for hydroxylation is 1. The Morgan fingerprint density at radius 3 is 1.32 bits per heavy atom. The lowest BCUT2D eigenvalue weighted by molar-refractivity contribution is -0.324. The third-order valence-electron chi connectivity index (χ3n) is 11.2. The first-order valence-corrected chi connectivity index (χ1v) is 23.4. The van der Waals surface area contributed by atoms with Crippen molar-refractivity contribution >= 4 is 47.4 Å². The smallest absolute Gasteiger partial charge is 0.494 e. The summed E-state index contributed by atoms with van der Waals surface area (Å²) in [6.45, 7) is -0.986. The second-order valence-electron chi connectivity index (χ2n) is 17.3. The molecule has 6 aromatic rings. The van der Waals surface area contributed by atoms with Crippen molar-refractivity contribution in [2.45, 2.75) is 51.1 Å². The van der Waals surface area contributed by atoms with Crippen molar-refractivity contribution in [1.29, 1.82) is 0 Å². The Morgan fingerprint density at radius 2 is 0.893 bits per heavy atom. The molecule has 6 aromatic carbocycles. The van der Waals surface area contributed by atoms with E-state index in [9.17, 15) is 45.5 Å². The molecule has 0 aliphatic rings. The first-order chi connectivity index (χ1) is 35.8. The molecule has 75 heavy (non-hydrogen) atoms. The molecule has 0 amide bonds. The molecule has 0 radical (unpaired) electrons. The van der Waals surface area contributed by atoms with E-state index in [1.165, 1.54) is 72.8 Å². The topological polar surface area (TPSA) is 176 Å². The molecule has 0 saturated heterocycles. The standard InChI is InChI=1S/C57H52F6N2O10/c58-56(59,60)32-2-33-70-48-28-18-45(19-29-48)54(69)75-50-26-12-41(13-27-50)15-31-52(67)72-38-55(35-42-6-20-46(64)21-7-42,36-43-8-22-47(65)23-9-43)37-71-51(66)30-14-40-10-24-49(25-11-40)74-53(68)44-16-4-39(5-17-44)3-1-34-73-57(61,62)63/h4-31H,1-3,32-38,64-65H2. The summed E-state index contributed by atoms with van der Waals surface area (Å²) < 4.78 is 106. The molecule has 0 atom stereocenters. The molecule has 0 heterocycles. The lowest BCUT2D eigenvalue weighted by atomic mass is 9.77. The summed E-state index contributed by atoms with van der Waals surface area (Å²) >= 11 is 0. The van der Waals surface area contributed by atoms with Gasteiger partial charge in [0.2, 0.25) is 0 Å². The summed E-state index contributed by atoms with van der Waals surface area (Å²) in [5.74, 6) is -1.96. The maximum Gasteiger partial charge on any atom is 0.522 e. The quantitative estimate of drug-likeness (QED) is 0.0147. The highest BCUT2D eigenvalue weighted by molar-refractivity contribution is 5.92. The van der Waals surface area contributed by atoms with Gasteiger partial charge in [-0.15, -0.1) is 13.2 Å². The Hall–Kier alpha value is -8.38. The van der Waals surface area contributed by atoms with Crippen molar-refractivity contribution in [2.24, 2.45) is 5.41 Å². The van der Waals surface area contributed by atoms with Gasteiger partial charge in [0.25, 0.3) is 0 Å². The minimum Gasteiger partial charge on any atom is -0.494 e. The lowest BCUT2D eigenvalue weighted by Gasteiger charge is -2.33. The summed E-state index contributed by atoms with van der Waals surface area (Å²) in [6.07, 6.45) is -3.57. The fraction of sp³-hybridized carbons (Fsp3) is 0.228. The van der Waals surface area contributed by atoms with Crippen LogP contribution in [0.1, 0.15) is 67.8 Å². The molecule has 0 bridgehead atoms. The molecule has 18 heteroatoms. The third kappa shape index (κ3) is 19.9. The maximum absolute atomic E-state index is 13.4. The van der Waals surface area contributed by atoms with Crippen LogP contribution in [0.15, 0.2) is 158 Å². The summed E-state index contributed by atoms with van der Waals surface area (Å²) in [4.78, 5) is 52.3. The number of hydrogen-bond donors (Lipinski definition) is 2. The van der Waals surface area contributed by atoms with Crippen molar-refractivity contribution in [2.75, 3.05) is 37.9 Å². The summed E-state index contributed by atoms with van der Waals surface area (Å²) in [7, 11) is 0. The van der Waals surface area contributed by atoms with Crippen LogP contribution in [0.5, 0.6) is 17.2 Å². The number of nitrogen functional groups attached to an aromatic ring is 2. The molecule has 0 saturated carbocycles. The van der Waals surface area contributed by atoms with Gasteiger partial charge >= 0.3 is 36.4 Å². The van der Waals surface area contributed by atoms with Crippen LogP contribution >= 0.6 is 0 Å². The molecule has 0 fully saturated rings. The van der Waals surface area contributed by atoms with Gasteiger partial charge in [-0.2, -0.15) is 13.2 Å². The number of hydrogen-bond acceptors (Lipinski definition) is 12. The first kappa shape index (κ1) is 55.9. The molecular formula is C57H52F6N2O10. The number of nitrogens with two attached hydrogens (primary N) is 2. The molecule has 0 aliphatic carbocycles. The average molecular weight is 1040 g/mol. The Labute approximate surface area is 428 Å². The fourth-order valence-electron chi connectivity index (χ4n) is 7.37. The van der Waals surface area contributed by atoms with E-state index in [1.807, 2.05) is 24.3 Å². The van der Waals surface area contributed by atoms with Crippen molar-refractivity contribution in [1.82, 2.24) is 0 Å². The fourth-order valence-corrected chi connectivity index (χ4v) is 7.37. The molecule has 12 nitrogen and oxygen atoms in total. The van der Waals surface area contributed by atoms with Crippen LogP contribution in [-0.4, -0.2) is 62.8 Å². The third-order valence-corrected chi connectivity index (χ3v) is 11.2. The number of carbonyl (C=O) groups excluding carboxylic acids is 4. The van der Waals surface area contributed by atoms with E-state index in [2.05, 4.69) is 4.74 Å². The predicted molar refractivity (Wildman–Crippen MR) is 268 cm³/mol. The Morgan fingerprint density at radius 1 is 0.480 bits per heavy atom. The van der Waals surface area contributed by atoms with Crippen LogP contribution in [0.4, 0.5) is 37.7 Å². The maximum atomic E-state index is 13.4. The highest BCUT2D eigenvalue weighted by Gasteiger charge is 2.35. The highest BCUT2D eigenvalue weighted by Crippen LogP contribution is 2.31. The summed E-state index contributed by atoms with van der Waals surface area (Å²) in [5, 5.41) is 0. The molecule has 4 N–H and O–H groups in total. The monoisotopic (exact) mass is 1040 g/mol. The molecular weight excluding hydrogens is 987 g/mol. The van der Waals surface area contributed by atoms with E-state index in [4.69, 9.17) is 35.2 Å². The zero-order valence-electron chi connectivity index (χ0n) is 40.2. The molecule has 6 rings (SSSR count). The SMILES string of the molecule is Nc1ccc(CC(COC(=O)C=Cc2ccc(OC(=O)c3ccc(CCCOC(F)(F)F)cc3)cc2)(COC(=O)C=Cc2ccc(OC(=O)c3ccc(OCCCC(F)(F)F)cc3)cc2)Cc2ccc(N)cc2)cc1. The van der Waals surface area contributed by atoms with Crippen molar-refractivity contribution in [3.8, 4) is 17.2 Å². The van der Waals surface area contributed by atoms with E-state index in [0.29, 0.717) is 47.5 Å². The minimum absolute atomic E-state index is 0.133. The second-order valence-corrected chi connectivity index (χ2v) is 17.3. The van der Waals surface area contributed by atoms with E-state index in [0.717, 1.165) is 16.7 Å². The minimum atomic E-state index is -4.69. The number of alkyl halides is 6. The zero-order valence-corrected chi connectivity index (χ0v) is 40.2. The van der Waals surface area contributed by atoms with Crippen LogP contribution in [0, 0.1) is 5.41 Å². The van der Waals surface area contributed by atoms with Crippen LogP contribution in [0.25, 0.3) is 12.2 Å². The Bertz CT molecular complexity index is 2670. The number of carbonyl (C=O) groups is 4. The average Bonchev–Trinajstić information content (AvgIpc) is 3.38. The Kier molecular flexibility index (Phi) is 19.8. The molecule has 0 aromatic heterocycles. The number of benzene rings is 6. The van der Waals surface area contributed by atoms with Gasteiger partial charge < -0.3 is 35.2 Å². The van der Waals surface area contributed by atoms with Gasteiger partial charge in [-0.25, -0.2) is 19.2 Å². The van der Waals surface area contributed by atoms with Gasteiger partial charge in [0.05, 0.1) is 24.3 Å². The number of ether oxygens (including phenoxy) is 6. The predicted octanol–water partition coefficient (Wildman–Crippen LogP) is 11.8. The van der Waals surface area contributed by atoms with E-state index in [-0.39, 0.29) is 55.3 Å². The van der Waals surface area contributed by atoms with Gasteiger partial charge in [0, 0.05) is 35.4 Å². The van der Waals surface area contributed by atoms with Crippen LogP contribution in [0.2, 0.25) is 0 Å². The van der Waals surface area contributed by atoms with Gasteiger partial charge in [0.1, 0.15) is 30.5 Å². The van der Waals surface area contributed by atoms with Gasteiger partial charge in [-0.3, -0.25) is 4.74 Å². The number of rotatable bonds is 24. The number of halogens is 6. The second kappa shape index (κ2) is 26.5. The zero-order chi connectivity index (χ0) is 53.9. The van der Waals surface area contributed by atoms with Crippen molar-refractivity contribution in [3.63, 3.8) is 0 Å².